The number of rotatable bonds is 5. The van der Waals surface area contributed by atoms with Crippen LogP contribution in [-0.2, 0) is 16.0 Å². The number of aromatic nitrogens is 2. The smallest absolute Gasteiger partial charge is 0.229 e. The first-order valence-corrected chi connectivity index (χ1v) is 9.04. The van der Waals surface area contributed by atoms with Gasteiger partial charge in [0.15, 0.2) is 0 Å². The van der Waals surface area contributed by atoms with Crippen LogP contribution in [0.2, 0.25) is 5.02 Å². The highest BCUT2D eigenvalue weighted by Crippen LogP contribution is 2.28. The van der Waals surface area contributed by atoms with Gasteiger partial charge in [-0.05, 0) is 36.2 Å². The zero-order valence-corrected chi connectivity index (χ0v) is 16.3. The van der Waals surface area contributed by atoms with Crippen LogP contribution in [0.3, 0.4) is 0 Å². The first-order chi connectivity index (χ1) is 13.5. The van der Waals surface area contributed by atoms with Gasteiger partial charge < -0.3 is 5.32 Å². The average molecular weight is 395 g/mol. The number of anilines is 3. The molecule has 6 nitrogen and oxygen atoms in total. The summed E-state index contributed by atoms with van der Waals surface area (Å²) in [5.74, 6) is 0.0124. The lowest BCUT2D eigenvalue weighted by Crippen LogP contribution is -2.25. The lowest BCUT2D eigenvalue weighted by molar-refractivity contribution is -0.116. The van der Waals surface area contributed by atoms with E-state index in [1.54, 1.807) is 42.9 Å². The zero-order valence-electron chi connectivity index (χ0n) is 15.5. The third kappa shape index (κ3) is 4.53. The van der Waals surface area contributed by atoms with Gasteiger partial charge in [0.05, 0.1) is 12.1 Å². The van der Waals surface area contributed by atoms with Gasteiger partial charge in [-0.3, -0.25) is 19.5 Å². The summed E-state index contributed by atoms with van der Waals surface area (Å²) in [6, 6.07) is 12.3. The quantitative estimate of drug-likeness (QED) is 0.699. The molecule has 1 N–H and O–H groups in total. The number of benzene rings is 1. The Bertz CT molecular complexity index is 1020. The Morgan fingerprint density at radius 3 is 2.64 bits per heavy atom. The maximum absolute atomic E-state index is 12.4. The summed E-state index contributed by atoms with van der Waals surface area (Å²) in [5, 5.41) is 3.38. The Morgan fingerprint density at radius 1 is 1.14 bits per heavy atom. The highest BCUT2D eigenvalue weighted by molar-refractivity contribution is 6.31. The van der Waals surface area contributed by atoms with E-state index in [2.05, 4.69) is 15.3 Å². The van der Waals surface area contributed by atoms with E-state index in [-0.39, 0.29) is 18.2 Å². The third-order valence-electron chi connectivity index (χ3n) is 4.11. The van der Waals surface area contributed by atoms with E-state index in [1.807, 2.05) is 25.1 Å². The molecule has 142 valence electrons. The van der Waals surface area contributed by atoms with E-state index in [4.69, 9.17) is 11.6 Å². The van der Waals surface area contributed by atoms with E-state index in [0.29, 0.717) is 22.2 Å². The van der Waals surface area contributed by atoms with E-state index < -0.39 is 0 Å². The standard InChI is InChI=1S/C21H19ClN4O2/c1-14-13-23-9-8-19(14)26(15(2)27)20-12-17(7-10-24-20)25-21(28)11-16-5-3-4-6-18(16)22/h3-10,12-13H,11H2,1-2H3,(H,24,25,28). The van der Waals surface area contributed by atoms with Gasteiger partial charge in [-0.1, -0.05) is 29.8 Å². The Balaban J connectivity index is 1.83. The number of hydrogen-bond donors (Lipinski definition) is 1. The molecule has 3 aromatic rings. The number of carbonyl (C=O) groups excluding carboxylic acids is 2. The van der Waals surface area contributed by atoms with Crippen LogP contribution < -0.4 is 10.2 Å². The fourth-order valence-corrected chi connectivity index (χ4v) is 3.01. The highest BCUT2D eigenvalue weighted by atomic mass is 35.5. The molecular formula is C21H19ClN4O2. The number of carbonyl (C=O) groups is 2. The molecule has 2 amide bonds. The average Bonchev–Trinajstić information content (AvgIpc) is 2.65. The number of pyridine rings is 2. The second kappa shape index (κ2) is 8.63. The molecule has 1 aromatic carbocycles. The summed E-state index contributed by atoms with van der Waals surface area (Å²) >= 11 is 6.12. The number of nitrogens with one attached hydrogen (secondary N) is 1. The summed E-state index contributed by atoms with van der Waals surface area (Å²) < 4.78 is 0. The monoisotopic (exact) mass is 394 g/mol. The number of nitrogens with zero attached hydrogens (tertiary/aromatic N) is 3. The molecule has 7 heteroatoms. The number of amides is 2. The number of aryl methyl sites for hydroxylation is 1. The molecule has 0 atom stereocenters. The van der Waals surface area contributed by atoms with Crippen LogP contribution in [0.25, 0.3) is 0 Å². The van der Waals surface area contributed by atoms with Crippen molar-refractivity contribution in [3.05, 3.63) is 77.2 Å². The van der Waals surface area contributed by atoms with E-state index >= 15 is 0 Å². The molecule has 0 saturated carbocycles. The second-order valence-electron chi connectivity index (χ2n) is 6.24. The normalized spacial score (nSPS) is 10.4. The fourth-order valence-electron chi connectivity index (χ4n) is 2.81. The first-order valence-electron chi connectivity index (χ1n) is 8.66. The van der Waals surface area contributed by atoms with Crippen molar-refractivity contribution in [1.29, 1.82) is 0 Å². The lowest BCUT2D eigenvalue weighted by Gasteiger charge is -2.22. The third-order valence-corrected chi connectivity index (χ3v) is 4.48. The Kier molecular flexibility index (Phi) is 6.01. The molecule has 2 aromatic heterocycles. The molecule has 0 aliphatic rings. The molecular weight excluding hydrogens is 376 g/mol. The van der Waals surface area contributed by atoms with Crippen molar-refractivity contribution in [3.63, 3.8) is 0 Å². The molecule has 0 unspecified atom stereocenters. The topological polar surface area (TPSA) is 75.2 Å². The summed E-state index contributed by atoms with van der Waals surface area (Å²) in [4.78, 5) is 34.5. The predicted octanol–water partition coefficient (Wildman–Crippen LogP) is 4.30. The van der Waals surface area contributed by atoms with Crippen LogP contribution in [0.4, 0.5) is 17.2 Å². The Morgan fingerprint density at radius 2 is 1.93 bits per heavy atom. The van der Waals surface area contributed by atoms with Crippen molar-refractivity contribution in [2.45, 2.75) is 20.3 Å². The van der Waals surface area contributed by atoms with E-state index in [1.165, 1.54) is 11.8 Å². The van der Waals surface area contributed by atoms with Crippen LogP contribution in [0.1, 0.15) is 18.1 Å². The molecule has 0 bridgehead atoms. The summed E-state index contributed by atoms with van der Waals surface area (Å²) in [5.41, 5.74) is 2.82. The highest BCUT2D eigenvalue weighted by Gasteiger charge is 2.18. The summed E-state index contributed by atoms with van der Waals surface area (Å²) in [6.07, 6.45) is 5.00. The van der Waals surface area contributed by atoms with Crippen LogP contribution >= 0.6 is 11.6 Å². The minimum Gasteiger partial charge on any atom is -0.326 e. The fraction of sp³-hybridized carbons (Fsp3) is 0.143. The molecule has 0 aliphatic carbocycles. The van der Waals surface area contributed by atoms with Gasteiger partial charge >= 0.3 is 0 Å². The van der Waals surface area contributed by atoms with Gasteiger partial charge in [0.2, 0.25) is 11.8 Å². The maximum Gasteiger partial charge on any atom is 0.229 e. The first kappa shape index (κ1) is 19.5. The number of hydrogen-bond acceptors (Lipinski definition) is 4. The number of halogens is 1. The van der Waals surface area contributed by atoms with Crippen LogP contribution in [0, 0.1) is 6.92 Å². The SMILES string of the molecule is CC(=O)N(c1cc(NC(=O)Cc2ccccc2Cl)ccn1)c1ccncc1C. The van der Waals surface area contributed by atoms with Crippen molar-refractivity contribution >= 4 is 40.6 Å². The van der Waals surface area contributed by atoms with Crippen LogP contribution in [0.15, 0.2) is 61.1 Å². The van der Waals surface area contributed by atoms with Gasteiger partial charge in [-0.25, -0.2) is 4.98 Å². The second-order valence-corrected chi connectivity index (χ2v) is 6.64. The molecule has 0 saturated heterocycles. The maximum atomic E-state index is 12.4. The van der Waals surface area contributed by atoms with Crippen molar-refractivity contribution < 1.29 is 9.59 Å². The molecule has 0 spiro atoms. The van der Waals surface area contributed by atoms with Gasteiger partial charge in [-0.15, -0.1) is 0 Å². The predicted molar refractivity (Wildman–Crippen MR) is 110 cm³/mol. The van der Waals surface area contributed by atoms with Gasteiger partial charge in [0.1, 0.15) is 5.82 Å². The zero-order chi connectivity index (χ0) is 20.1. The summed E-state index contributed by atoms with van der Waals surface area (Å²) in [6.45, 7) is 3.33. The van der Waals surface area contributed by atoms with Crippen molar-refractivity contribution in [2.24, 2.45) is 0 Å². The largest absolute Gasteiger partial charge is 0.326 e. The van der Waals surface area contributed by atoms with E-state index in [0.717, 1.165) is 11.1 Å². The summed E-state index contributed by atoms with van der Waals surface area (Å²) in [7, 11) is 0. The van der Waals surface area contributed by atoms with Crippen LogP contribution in [0.5, 0.6) is 0 Å². The minimum absolute atomic E-state index is 0.150. The van der Waals surface area contributed by atoms with Gasteiger partial charge in [0.25, 0.3) is 0 Å². The van der Waals surface area contributed by atoms with Crippen molar-refractivity contribution in [1.82, 2.24) is 9.97 Å². The Labute approximate surface area is 168 Å². The van der Waals surface area contributed by atoms with Gasteiger partial charge in [-0.2, -0.15) is 0 Å². The van der Waals surface area contributed by atoms with Gasteiger partial charge in [0, 0.05) is 42.3 Å². The molecule has 0 fully saturated rings. The van der Waals surface area contributed by atoms with Crippen molar-refractivity contribution in [2.75, 3.05) is 10.2 Å². The molecule has 28 heavy (non-hydrogen) atoms. The minimum atomic E-state index is -0.209. The molecule has 0 radical (unpaired) electrons. The van der Waals surface area contributed by atoms with E-state index in [9.17, 15) is 9.59 Å². The lowest BCUT2D eigenvalue weighted by atomic mass is 10.1. The Hall–Kier alpha value is -3.25. The van der Waals surface area contributed by atoms with Crippen LogP contribution in [-0.4, -0.2) is 21.8 Å². The van der Waals surface area contributed by atoms with Crippen molar-refractivity contribution in [3.8, 4) is 0 Å². The molecule has 2 heterocycles. The molecule has 0 aliphatic heterocycles. The molecule has 3 rings (SSSR count).